The van der Waals surface area contributed by atoms with Gasteiger partial charge in [0.2, 0.25) is 10.0 Å². The summed E-state index contributed by atoms with van der Waals surface area (Å²) in [7, 11) is -3.32. The maximum Gasteiger partial charge on any atom is 0.430 e. The lowest BCUT2D eigenvalue weighted by Crippen LogP contribution is -3.16. The zero-order valence-corrected chi connectivity index (χ0v) is 27.3. The van der Waals surface area contributed by atoms with Crippen LogP contribution in [0.25, 0.3) is 0 Å². The van der Waals surface area contributed by atoms with Crippen LogP contribution in [0.15, 0.2) is 53.5 Å². The lowest BCUT2D eigenvalue weighted by atomic mass is 9.81. The molecule has 16 heteroatoms. The summed E-state index contributed by atoms with van der Waals surface area (Å²) in [5.41, 5.74) is 0.898. The molecule has 1 unspecified atom stereocenters. The second-order valence-electron chi connectivity index (χ2n) is 12.4. The molecule has 3 heterocycles. The number of carboxylic acid groups (broad SMARTS) is 1. The van der Waals surface area contributed by atoms with E-state index in [4.69, 9.17) is 19.6 Å². The number of halogens is 4. The number of hydrogen-bond donors (Lipinski definition) is 2. The number of amidine groups is 1. The molecule has 1 spiro atoms. The maximum atomic E-state index is 14.3. The van der Waals surface area contributed by atoms with Crippen molar-refractivity contribution in [2.24, 2.45) is 4.99 Å². The normalized spacial score (nSPS) is 26.0. The number of carbonyl (C=O) groups is 2. The van der Waals surface area contributed by atoms with Gasteiger partial charge < -0.3 is 19.5 Å². The van der Waals surface area contributed by atoms with Gasteiger partial charge in [-0.1, -0.05) is 18.2 Å². The van der Waals surface area contributed by atoms with Crippen molar-refractivity contribution in [3.63, 3.8) is 0 Å². The Balaban J connectivity index is 0.000000644. The molecule has 2 amide bonds. The molecule has 4 atom stereocenters. The molecule has 2 aromatic rings. The molecule has 3 aliphatic rings. The number of benzene rings is 2. The Bertz CT molecular complexity index is 1600. The van der Waals surface area contributed by atoms with Gasteiger partial charge in [-0.25, -0.2) is 17.6 Å². The summed E-state index contributed by atoms with van der Waals surface area (Å²) >= 11 is 0. The van der Waals surface area contributed by atoms with Gasteiger partial charge in [-0.2, -0.15) is 17.5 Å². The predicted molar refractivity (Wildman–Crippen MR) is 164 cm³/mol. The largest absolute Gasteiger partial charge is 0.542 e. The Hall–Kier alpha value is -3.76. The summed E-state index contributed by atoms with van der Waals surface area (Å²) in [6.45, 7) is 8.47. The van der Waals surface area contributed by atoms with Crippen LogP contribution in [0.1, 0.15) is 45.6 Å². The minimum Gasteiger partial charge on any atom is -0.542 e. The molecule has 47 heavy (non-hydrogen) atoms. The Morgan fingerprint density at radius 1 is 1.21 bits per heavy atom. The molecule has 3 fully saturated rings. The summed E-state index contributed by atoms with van der Waals surface area (Å²) in [6.07, 6.45) is -2.05. The van der Waals surface area contributed by atoms with Crippen molar-refractivity contribution in [1.29, 1.82) is 0 Å². The van der Waals surface area contributed by atoms with Crippen molar-refractivity contribution >= 4 is 33.5 Å². The molecule has 3 saturated heterocycles. The lowest BCUT2D eigenvalue weighted by Gasteiger charge is -2.45. The number of ether oxygens (including phenoxy) is 1. The van der Waals surface area contributed by atoms with Crippen LogP contribution in [0, 0.1) is 5.82 Å². The zero-order valence-electron chi connectivity index (χ0n) is 26.5. The number of rotatable bonds is 7. The van der Waals surface area contributed by atoms with Crippen molar-refractivity contribution < 1.29 is 50.3 Å². The first kappa shape index (κ1) is 36.1. The molecule has 0 saturated carbocycles. The first-order valence-electron chi connectivity index (χ1n) is 15.2. The quantitative estimate of drug-likeness (QED) is 0.428. The minimum absolute atomic E-state index is 0.0969. The van der Waals surface area contributed by atoms with E-state index in [0.29, 0.717) is 37.3 Å². The fourth-order valence-corrected chi connectivity index (χ4v) is 7.20. The number of nitrogens with one attached hydrogen (secondary N) is 2. The van der Waals surface area contributed by atoms with Gasteiger partial charge in [0.05, 0.1) is 31.0 Å². The number of urea groups is 1. The molecule has 3 aliphatic heterocycles. The standard InChI is InChI=1S/C29H38FN5O4S.C2HF3O2/c1-20(2)39-26-10-5-7-22(15-26)18-33-14-12-29(17-21(33)3)27(31-24-11-13-34(19-24)40(4,37)38)32-28(36)35(29)25-9-6-8-23(30)16-25;3-2(4,5)1(6)7/h5-10,15-16,20-21,24H,11-14,17-19H2,1-4H3,(H,31,32,36);(H,6,7)/t21-,24-,29+;/m0./s1. The fourth-order valence-electron chi connectivity index (χ4n) is 6.32. The third kappa shape index (κ3) is 8.78. The number of aliphatic imine (C=N–C) groups is 1. The van der Waals surface area contributed by atoms with Crippen molar-refractivity contribution in [3.05, 3.63) is 59.9 Å². The van der Waals surface area contributed by atoms with E-state index in [1.54, 1.807) is 17.0 Å². The highest BCUT2D eigenvalue weighted by Gasteiger charge is 2.56. The number of likely N-dealkylation sites (tertiary alicyclic amines) is 1. The maximum absolute atomic E-state index is 14.3. The molecule has 0 bridgehead atoms. The summed E-state index contributed by atoms with van der Waals surface area (Å²) in [5.74, 6) is -2.01. The molecule has 11 nitrogen and oxygen atoms in total. The summed E-state index contributed by atoms with van der Waals surface area (Å²) in [4.78, 5) is 30.3. The molecule has 2 N–H and O–H groups in total. The first-order valence-corrected chi connectivity index (χ1v) is 17.0. The number of quaternary nitrogens is 1. The van der Waals surface area contributed by atoms with Crippen LogP contribution < -0.4 is 25.0 Å². The van der Waals surface area contributed by atoms with E-state index >= 15 is 0 Å². The highest BCUT2D eigenvalue weighted by atomic mass is 32.2. The monoisotopic (exact) mass is 685 g/mol. The third-order valence-corrected chi connectivity index (χ3v) is 9.67. The Kier molecular flexibility index (Phi) is 10.9. The second kappa shape index (κ2) is 14.2. The number of piperidine rings is 1. The van der Waals surface area contributed by atoms with Gasteiger partial charge in [-0.3, -0.25) is 15.2 Å². The topological polar surface area (TPSA) is 136 Å². The smallest absolute Gasteiger partial charge is 0.430 e. The number of alkyl halides is 3. The number of amides is 2. The van der Waals surface area contributed by atoms with Crippen molar-refractivity contribution in [2.45, 2.75) is 76.5 Å². The lowest BCUT2D eigenvalue weighted by molar-refractivity contribution is -0.942. The highest BCUT2D eigenvalue weighted by Crippen LogP contribution is 2.38. The molecule has 0 aliphatic carbocycles. The Labute approximate surface area is 271 Å². The van der Waals surface area contributed by atoms with Gasteiger partial charge >= 0.3 is 12.2 Å². The van der Waals surface area contributed by atoms with Gasteiger partial charge in [0.15, 0.2) is 0 Å². The Morgan fingerprint density at radius 3 is 2.47 bits per heavy atom. The SMILES string of the molecule is CC(C)Oc1cccc(C[NH+]2CC[C@@]3(C[C@@H]2C)C(=N[C@H]2CCN(S(C)(=O)=O)C2)NC(=O)N3c2cccc(F)c2)c1.O=C([O-])C(F)(F)F. The first-order chi connectivity index (χ1) is 21.9. The van der Waals surface area contributed by atoms with Gasteiger partial charge in [0.25, 0.3) is 0 Å². The van der Waals surface area contributed by atoms with E-state index in [-0.39, 0.29) is 30.8 Å². The van der Waals surface area contributed by atoms with Gasteiger partial charge in [-0.05, 0) is 57.5 Å². The van der Waals surface area contributed by atoms with E-state index in [1.165, 1.54) is 33.2 Å². The molecular formula is C31H39F4N5O6S. The average Bonchev–Trinajstić information content (AvgIpc) is 3.53. The van der Waals surface area contributed by atoms with Gasteiger partial charge in [0, 0.05) is 37.2 Å². The van der Waals surface area contributed by atoms with Crippen LogP contribution in [-0.2, 0) is 21.4 Å². The fraction of sp³-hybridized carbons (Fsp3) is 0.516. The van der Waals surface area contributed by atoms with Crippen LogP contribution in [0.4, 0.5) is 28.0 Å². The number of aliphatic carboxylic acids is 1. The summed E-state index contributed by atoms with van der Waals surface area (Å²) in [5, 5.41) is 11.8. The van der Waals surface area contributed by atoms with Crippen LogP contribution in [-0.4, -0.2) is 86.4 Å². The Morgan fingerprint density at radius 2 is 1.89 bits per heavy atom. The van der Waals surface area contributed by atoms with E-state index in [9.17, 15) is 30.8 Å². The minimum atomic E-state index is -5.19. The number of carbonyl (C=O) groups excluding carboxylic acids is 2. The van der Waals surface area contributed by atoms with Crippen LogP contribution >= 0.6 is 0 Å². The van der Waals surface area contributed by atoms with E-state index < -0.39 is 33.5 Å². The molecule has 5 rings (SSSR count). The average molecular weight is 686 g/mol. The summed E-state index contributed by atoms with van der Waals surface area (Å²) < 4.78 is 77.4. The number of hydrogen-bond acceptors (Lipinski definition) is 7. The zero-order chi connectivity index (χ0) is 34.7. The van der Waals surface area contributed by atoms with Crippen molar-refractivity contribution in [1.82, 2.24) is 9.62 Å². The molecule has 258 valence electrons. The highest BCUT2D eigenvalue weighted by molar-refractivity contribution is 7.88. The summed E-state index contributed by atoms with van der Waals surface area (Å²) in [6, 6.07) is 13.9. The number of nitrogens with zero attached hydrogens (tertiary/aromatic N) is 3. The van der Waals surface area contributed by atoms with Crippen molar-refractivity contribution in [2.75, 3.05) is 30.8 Å². The van der Waals surface area contributed by atoms with Gasteiger partial charge in [0.1, 0.15) is 35.5 Å². The van der Waals surface area contributed by atoms with E-state index in [2.05, 4.69) is 24.4 Å². The predicted octanol–water partition coefficient (Wildman–Crippen LogP) is 1.88. The van der Waals surface area contributed by atoms with E-state index in [1.807, 2.05) is 26.0 Å². The van der Waals surface area contributed by atoms with Gasteiger partial charge in [-0.15, -0.1) is 0 Å². The number of sulfonamides is 1. The van der Waals surface area contributed by atoms with Crippen LogP contribution in [0.5, 0.6) is 5.75 Å². The molecule has 0 aromatic heterocycles. The second-order valence-corrected chi connectivity index (χ2v) is 14.3. The number of carboxylic acids is 1. The van der Waals surface area contributed by atoms with Crippen LogP contribution in [0.3, 0.4) is 0 Å². The number of anilines is 1. The molecule has 2 aromatic carbocycles. The van der Waals surface area contributed by atoms with Crippen LogP contribution in [0.2, 0.25) is 0 Å². The third-order valence-electron chi connectivity index (χ3n) is 8.40. The van der Waals surface area contributed by atoms with E-state index in [0.717, 1.165) is 18.8 Å². The molecule has 0 radical (unpaired) electrons. The van der Waals surface area contributed by atoms with Crippen molar-refractivity contribution in [3.8, 4) is 5.75 Å². The molecular weight excluding hydrogens is 646 g/mol.